The molecule has 2 saturated carbocycles. The average molecular weight is 483 g/mol. The van der Waals surface area contributed by atoms with E-state index in [1.165, 1.54) is 11.1 Å². The highest BCUT2D eigenvalue weighted by molar-refractivity contribution is 5.93. The van der Waals surface area contributed by atoms with Gasteiger partial charge in [-0.3, -0.25) is 4.79 Å². The van der Waals surface area contributed by atoms with Gasteiger partial charge in [-0.05, 0) is 93.1 Å². The van der Waals surface area contributed by atoms with E-state index in [2.05, 4.69) is 39.8 Å². The highest BCUT2D eigenvalue weighted by atomic mass is 16.6. The first-order chi connectivity index (χ1) is 16.3. The number of furan rings is 1. The SMILES string of the molecule is CC1=CC[C@@H]2C(C)(C)C[C@@H](OC(=O)[C@@]34CC[C@@](C)(C(=O)O3)C4(C)C)C[C@@]2(C)[C@@H]1CCc1ccoc1. The van der Waals surface area contributed by atoms with Crippen LogP contribution < -0.4 is 0 Å². The number of carbonyl (C=O) groups is 2. The van der Waals surface area contributed by atoms with E-state index in [1.54, 1.807) is 6.26 Å². The molecule has 35 heavy (non-hydrogen) atoms. The summed E-state index contributed by atoms with van der Waals surface area (Å²) < 4.78 is 17.5. The van der Waals surface area contributed by atoms with Gasteiger partial charge in [0.25, 0.3) is 0 Å². The molecule has 0 spiro atoms. The number of ether oxygens (including phenoxy) is 2. The predicted octanol–water partition coefficient (Wildman–Crippen LogP) is 6.65. The van der Waals surface area contributed by atoms with E-state index in [0.29, 0.717) is 24.7 Å². The molecule has 4 aliphatic rings. The standard InChI is InChI=1S/C30H42O5/c1-19-8-11-23-26(2,3)16-21(17-28(23,6)22(19)10-9-20-12-15-33-18-20)34-25(32)30-14-13-29(7,24(31)35-30)27(30,4)5/h8,12,15,18,21-23H,9-11,13-14,16-17H2,1-7H3/t21-,22-,23-,28+,29+,30-/m1/s1. The number of allylic oxidation sites excluding steroid dienone is 2. The van der Waals surface area contributed by atoms with Crippen LogP contribution in [0, 0.1) is 33.5 Å². The fourth-order valence-electron chi connectivity index (χ4n) is 8.60. The van der Waals surface area contributed by atoms with Crippen molar-refractivity contribution in [2.45, 2.75) is 105 Å². The second-order valence-corrected chi connectivity index (χ2v) is 13.6. The topological polar surface area (TPSA) is 65.7 Å². The van der Waals surface area contributed by atoms with E-state index in [9.17, 15) is 9.59 Å². The Morgan fingerprint density at radius 1 is 1.11 bits per heavy atom. The predicted molar refractivity (Wildman–Crippen MR) is 133 cm³/mol. The van der Waals surface area contributed by atoms with Crippen molar-refractivity contribution >= 4 is 11.9 Å². The number of hydrogen-bond donors (Lipinski definition) is 0. The molecular weight excluding hydrogens is 440 g/mol. The number of aryl methyl sites for hydroxylation is 1. The Kier molecular flexibility index (Phi) is 5.44. The molecule has 5 heteroatoms. The Bertz CT molecular complexity index is 1050. The summed E-state index contributed by atoms with van der Waals surface area (Å²) in [6.45, 7) is 15.3. The molecule has 0 unspecified atom stereocenters. The summed E-state index contributed by atoms with van der Waals surface area (Å²) in [4.78, 5) is 26.5. The van der Waals surface area contributed by atoms with Gasteiger partial charge in [0.05, 0.1) is 17.9 Å². The van der Waals surface area contributed by atoms with Crippen LogP contribution in [0.2, 0.25) is 0 Å². The molecule has 0 aromatic carbocycles. The van der Waals surface area contributed by atoms with Crippen molar-refractivity contribution < 1.29 is 23.5 Å². The van der Waals surface area contributed by atoms with Crippen LogP contribution >= 0.6 is 0 Å². The van der Waals surface area contributed by atoms with E-state index < -0.39 is 16.4 Å². The first-order valence-corrected chi connectivity index (χ1v) is 13.4. The Balaban J connectivity index is 1.40. The van der Waals surface area contributed by atoms with Crippen LogP contribution in [0.4, 0.5) is 0 Å². The lowest BCUT2D eigenvalue weighted by molar-refractivity contribution is -0.195. The van der Waals surface area contributed by atoms with Crippen molar-refractivity contribution in [3.63, 3.8) is 0 Å². The van der Waals surface area contributed by atoms with E-state index >= 15 is 0 Å². The van der Waals surface area contributed by atoms with Crippen LogP contribution in [0.3, 0.4) is 0 Å². The number of hydrogen-bond acceptors (Lipinski definition) is 5. The van der Waals surface area contributed by atoms with Gasteiger partial charge in [-0.25, -0.2) is 4.79 Å². The van der Waals surface area contributed by atoms with Gasteiger partial charge in [0, 0.05) is 5.41 Å². The van der Waals surface area contributed by atoms with E-state index in [-0.39, 0.29) is 28.9 Å². The lowest BCUT2D eigenvalue weighted by atomic mass is 9.47. The zero-order chi connectivity index (χ0) is 25.4. The minimum Gasteiger partial charge on any atom is -0.472 e. The van der Waals surface area contributed by atoms with Crippen LogP contribution in [0.15, 0.2) is 34.7 Å². The highest BCUT2D eigenvalue weighted by Gasteiger charge is 2.76. The fraction of sp³-hybridized carbons (Fsp3) is 0.733. The summed E-state index contributed by atoms with van der Waals surface area (Å²) in [7, 11) is 0. The largest absolute Gasteiger partial charge is 0.472 e. The van der Waals surface area contributed by atoms with E-state index in [4.69, 9.17) is 13.9 Å². The molecule has 6 atom stereocenters. The number of esters is 2. The zero-order valence-electron chi connectivity index (χ0n) is 22.5. The molecule has 1 aromatic heterocycles. The molecule has 3 fully saturated rings. The number of rotatable bonds is 5. The molecule has 2 bridgehead atoms. The summed E-state index contributed by atoms with van der Waals surface area (Å²) in [5, 5.41) is 0. The summed E-state index contributed by atoms with van der Waals surface area (Å²) in [5.74, 6) is 0.356. The minimum atomic E-state index is -1.16. The van der Waals surface area contributed by atoms with Crippen LogP contribution in [0.25, 0.3) is 0 Å². The number of carbonyl (C=O) groups excluding carboxylic acids is 2. The van der Waals surface area contributed by atoms with Gasteiger partial charge in [-0.15, -0.1) is 0 Å². The van der Waals surface area contributed by atoms with Gasteiger partial charge in [0.15, 0.2) is 0 Å². The third-order valence-corrected chi connectivity index (χ3v) is 11.2. The smallest absolute Gasteiger partial charge is 0.351 e. The maximum absolute atomic E-state index is 13.8. The number of fused-ring (bicyclic) bond motifs is 3. The van der Waals surface area contributed by atoms with Crippen molar-refractivity contribution in [1.29, 1.82) is 0 Å². The summed E-state index contributed by atoms with van der Waals surface area (Å²) in [6.07, 6.45) is 11.9. The van der Waals surface area contributed by atoms with Crippen molar-refractivity contribution in [3.8, 4) is 0 Å². The van der Waals surface area contributed by atoms with Crippen molar-refractivity contribution in [2.75, 3.05) is 0 Å². The molecule has 5 nitrogen and oxygen atoms in total. The first-order valence-electron chi connectivity index (χ1n) is 13.4. The molecule has 5 rings (SSSR count). The summed E-state index contributed by atoms with van der Waals surface area (Å²) in [5.41, 5.74) is 0.372. The lowest BCUT2D eigenvalue weighted by Gasteiger charge is -2.58. The second kappa shape index (κ2) is 7.73. The van der Waals surface area contributed by atoms with Gasteiger partial charge < -0.3 is 13.9 Å². The van der Waals surface area contributed by atoms with Gasteiger partial charge in [0.2, 0.25) is 5.60 Å². The molecule has 2 heterocycles. The second-order valence-electron chi connectivity index (χ2n) is 13.6. The van der Waals surface area contributed by atoms with Gasteiger partial charge in [-0.2, -0.15) is 0 Å². The van der Waals surface area contributed by atoms with Crippen LogP contribution in [0.5, 0.6) is 0 Å². The van der Waals surface area contributed by atoms with Crippen LogP contribution in [0.1, 0.15) is 92.6 Å². The fourth-order valence-corrected chi connectivity index (χ4v) is 8.60. The zero-order valence-corrected chi connectivity index (χ0v) is 22.5. The Labute approximate surface area is 210 Å². The highest BCUT2D eigenvalue weighted by Crippen LogP contribution is 2.66. The van der Waals surface area contributed by atoms with E-state index in [0.717, 1.165) is 32.1 Å². The molecule has 0 amide bonds. The van der Waals surface area contributed by atoms with Crippen molar-refractivity contribution in [1.82, 2.24) is 0 Å². The van der Waals surface area contributed by atoms with Gasteiger partial charge in [-0.1, -0.05) is 46.3 Å². The summed E-state index contributed by atoms with van der Waals surface area (Å²) in [6, 6.07) is 2.05. The molecule has 3 aliphatic carbocycles. The quantitative estimate of drug-likeness (QED) is 0.347. The third kappa shape index (κ3) is 3.32. The third-order valence-electron chi connectivity index (χ3n) is 11.2. The minimum absolute atomic E-state index is 0.0268. The van der Waals surface area contributed by atoms with Crippen molar-refractivity contribution in [2.24, 2.45) is 33.5 Å². The molecule has 1 saturated heterocycles. The van der Waals surface area contributed by atoms with Crippen LogP contribution in [-0.4, -0.2) is 23.6 Å². The summed E-state index contributed by atoms with van der Waals surface area (Å²) >= 11 is 0. The van der Waals surface area contributed by atoms with Gasteiger partial charge >= 0.3 is 11.9 Å². The normalized spacial score (nSPS) is 41.2. The molecule has 1 aromatic rings. The average Bonchev–Trinajstić information content (AvgIpc) is 3.37. The Morgan fingerprint density at radius 2 is 1.86 bits per heavy atom. The lowest BCUT2D eigenvalue weighted by Crippen LogP contribution is -2.55. The Hall–Kier alpha value is -2.04. The molecule has 0 N–H and O–H groups in total. The maximum atomic E-state index is 13.8. The molecule has 1 aliphatic heterocycles. The first kappa shape index (κ1) is 24.6. The Morgan fingerprint density at radius 3 is 2.46 bits per heavy atom. The monoisotopic (exact) mass is 482 g/mol. The molecule has 192 valence electrons. The van der Waals surface area contributed by atoms with Crippen molar-refractivity contribution in [3.05, 3.63) is 35.8 Å². The molecule has 0 radical (unpaired) electrons. The van der Waals surface area contributed by atoms with E-state index in [1.807, 2.05) is 27.0 Å². The maximum Gasteiger partial charge on any atom is 0.351 e. The van der Waals surface area contributed by atoms with Crippen LogP contribution in [-0.2, 0) is 25.5 Å². The van der Waals surface area contributed by atoms with Gasteiger partial charge in [0.1, 0.15) is 6.10 Å². The molecular formula is C30H42O5.